The number of rotatable bonds is 3. The number of carbonyl (C=O) groups is 1. The van der Waals surface area contributed by atoms with E-state index in [1.54, 1.807) is 12.1 Å². The molecule has 0 aromatic heterocycles. The van der Waals surface area contributed by atoms with E-state index in [9.17, 15) is 4.79 Å². The second-order valence-electron chi connectivity index (χ2n) is 5.49. The van der Waals surface area contributed by atoms with Gasteiger partial charge in [0.05, 0.1) is 16.3 Å². The Bertz CT molecular complexity index is 677. The zero-order valence-electron chi connectivity index (χ0n) is 12.6. The molecule has 3 nitrogen and oxygen atoms in total. The molecule has 0 spiro atoms. The zero-order valence-corrected chi connectivity index (χ0v) is 14.1. The second kappa shape index (κ2) is 7.12. The van der Waals surface area contributed by atoms with Crippen LogP contribution in [0.3, 0.4) is 0 Å². The summed E-state index contributed by atoms with van der Waals surface area (Å²) in [6.45, 7) is 8.01. The summed E-state index contributed by atoms with van der Waals surface area (Å²) in [6, 6.07) is 4.74. The number of carbonyl (C=O) groups excluding carboxylic acids is 1. The highest BCUT2D eigenvalue weighted by Crippen LogP contribution is 2.26. The first-order valence-electron chi connectivity index (χ1n) is 7.03. The smallest absolute Gasteiger partial charge is 0.267 e. The highest BCUT2D eigenvalue weighted by Gasteiger charge is 2.19. The van der Waals surface area contributed by atoms with Gasteiger partial charge in [0.2, 0.25) is 0 Å². The molecule has 0 bridgehead atoms. The molecule has 0 heterocycles. The summed E-state index contributed by atoms with van der Waals surface area (Å²) in [4.78, 5) is 12.2. The largest absolute Gasteiger partial charge is 0.272 e. The van der Waals surface area contributed by atoms with E-state index in [0.29, 0.717) is 21.5 Å². The molecular weight excluding hydrogens is 319 g/mol. The van der Waals surface area contributed by atoms with Crippen molar-refractivity contribution in [2.45, 2.75) is 26.7 Å². The Morgan fingerprint density at radius 2 is 2.14 bits per heavy atom. The minimum Gasteiger partial charge on any atom is -0.267 e. The summed E-state index contributed by atoms with van der Waals surface area (Å²) in [7, 11) is 0. The number of amides is 1. The Balaban J connectivity index is 2.13. The molecule has 0 fully saturated rings. The number of nitrogens with one attached hydrogen (secondary N) is 1. The van der Waals surface area contributed by atoms with Gasteiger partial charge in [-0.15, -0.1) is 0 Å². The van der Waals surface area contributed by atoms with E-state index in [0.717, 1.165) is 29.7 Å². The lowest BCUT2D eigenvalue weighted by molar-refractivity contribution is 0.0955. The number of benzene rings is 1. The summed E-state index contributed by atoms with van der Waals surface area (Å²) >= 11 is 11.8. The van der Waals surface area contributed by atoms with Crippen LogP contribution in [0.15, 0.2) is 47.1 Å². The molecule has 22 heavy (non-hydrogen) atoms. The molecule has 1 N–H and O–H groups in total. The standard InChI is InChI=1S/C17H18Cl2N2O/c1-10(2)12-5-4-11(3)16(8-12)20-21-17(22)14-7-6-13(18)9-15(14)19/h4,6-7,9,12H,1,5,8H2,2-3H3,(H,21,22)/b20-16+/t12-/m0/s1. The lowest BCUT2D eigenvalue weighted by Crippen LogP contribution is -2.23. The first-order chi connectivity index (χ1) is 10.4. The molecule has 0 unspecified atom stereocenters. The van der Waals surface area contributed by atoms with Gasteiger partial charge < -0.3 is 0 Å². The van der Waals surface area contributed by atoms with E-state index in [4.69, 9.17) is 23.2 Å². The van der Waals surface area contributed by atoms with Gasteiger partial charge in [0, 0.05) is 5.02 Å². The molecule has 1 aliphatic carbocycles. The Morgan fingerprint density at radius 3 is 2.77 bits per heavy atom. The second-order valence-corrected chi connectivity index (χ2v) is 6.34. The van der Waals surface area contributed by atoms with Crippen LogP contribution in [0.2, 0.25) is 10.0 Å². The van der Waals surface area contributed by atoms with Gasteiger partial charge in [0.25, 0.3) is 5.91 Å². The van der Waals surface area contributed by atoms with E-state index < -0.39 is 0 Å². The van der Waals surface area contributed by atoms with Crippen molar-refractivity contribution in [3.05, 3.63) is 57.6 Å². The normalized spacial score (nSPS) is 19.7. The van der Waals surface area contributed by atoms with Gasteiger partial charge in [-0.05, 0) is 56.4 Å². The molecule has 1 aromatic carbocycles. The topological polar surface area (TPSA) is 41.5 Å². The van der Waals surface area contributed by atoms with Crippen molar-refractivity contribution in [1.29, 1.82) is 0 Å². The summed E-state index contributed by atoms with van der Waals surface area (Å²) < 4.78 is 0. The number of hydrogen-bond donors (Lipinski definition) is 1. The first-order valence-corrected chi connectivity index (χ1v) is 7.78. The lowest BCUT2D eigenvalue weighted by Gasteiger charge is -2.22. The fourth-order valence-electron chi connectivity index (χ4n) is 2.28. The van der Waals surface area contributed by atoms with Crippen LogP contribution in [0.25, 0.3) is 0 Å². The van der Waals surface area contributed by atoms with Crippen molar-refractivity contribution in [3.8, 4) is 0 Å². The minimum absolute atomic E-state index is 0.306. The van der Waals surface area contributed by atoms with Crippen LogP contribution in [-0.4, -0.2) is 11.6 Å². The minimum atomic E-state index is -0.348. The van der Waals surface area contributed by atoms with E-state index >= 15 is 0 Å². The van der Waals surface area contributed by atoms with Crippen LogP contribution in [0.5, 0.6) is 0 Å². The average Bonchev–Trinajstić information content (AvgIpc) is 2.45. The fourth-order valence-corrected chi connectivity index (χ4v) is 2.77. The molecule has 0 saturated carbocycles. The molecule has 5 heteroatoms. The van der Waals surface area contributed by atoms with Gasteiger partial charge >= 0.3 is 0 Å². The SMILES string of the molecule is C=C(C)[C@H]1CC=C(C)/C(=N/NC(=O)c2ccc(Cl)cc2Cl)C1. The maximum absolute atomic E-state index is 12.2. The van der Waals surface area contributed by atoms with Crippen molar-refractivity contribution in [3.63, 3.8) is 0 Å². The van der Waals surface area contributed by atoms with Gasteiger partial charge in [-0.2, -0.15) is 5.10 Å². The maximum atomic E-state index is 12.2. The molecule has 116 valence electrons. The van der Waals surface area contributed by atoms with Crippen molar-refractivity contribution < 1.29 is 4.79 Å². The summed E-state index contributed by atoms with van der Waals surface area (Å²) in [6.07, 6.45) is 3.88. The van der Waals surface area contributed by atoms with E-state index in [1.165, 1.54) is 6.07 Å². The molecule has 0 radical (unpaired) electrons. The highest BCUT2D eigenvalue weighted by atomic mass is 35.5. The molecule has 0 aliphatic heterocycles. The molecule has 1 atom stereocenters. The number of halogens is 2. The van der Waals surface area contributed by atoms with Gasteiger partial charge in [0.1, 0.15) is 0 Å². The predicted octanol–water partition coefficient (Wildman–Crippen LogP) is 5.01. The average molecular weight is 337 g/mol. The summed E-state index contributed by atoms with van der Waals surface area (Å²) in [5.74, 6) is 0.0258. The van der Waals surface area contributed by atoms with Crippen LogP contribution >= 0.6 is 23.2 Å². The molecule has 1 amide bonds. The molecular formula is C17H18Cl2N2O. The molecule has 1 aromatic rings. The van der Waals surface area contributed by atoms with Crippen LogP contribution in [-0.2, 0) is 0 Å². The Labute approximate surface area is 140 Å². The Kier molecular flexibility index (Phi) is 5.43. The first kappa shape index (κ1) is 16.8. The number of hydrogen-bond acceptors (Lipinski definition) is 2. The third-order valence-corrected chi connectivity index (χ3v) is 4.32. The van der Waals surface area contributed by atoms with Crippen molar-refractivity contribution in [2.24, 2.45) is 11.0 Å². The number of allylic oxidation sites excluding steroid dienone is 3. The monoisotopic (exact) mass is 336 g/mol. The highest BCUT2D eigenvalue weighted by molar-refractivity contribution is 6.36. The van der Waals surface area contributed by atoms with Gasteiger partial charge in [-0.1, -0.05) is 41.4 Å². The molecule has 0 saturated heterocycles. The van der Waals surface area contributed by atoms with E-state index in [-0.39, 0.29) is 5.91 Å². The predicted molar refractivity (Wildman–Crippen MR) is 92.7 cm³/mol. The van der Waals surface area contributed by atoms with E-state index in [1.807, 2.05) is 13.8 Å². The summed E-state index contributed by atoms with van der Waals surface area (Å²) in [5.41, 5.74) is 6.01. The lowest BCUT2D eigenvalue weighted by atomic mass is 9.85. The summed E-state index contributed by atoms with van der Waals surface area (Å²) in [5, 5.41) is 5.05. The number of nitrogens with zero attached hydrogens (tertiary/aromatic N) is 1. The quantitative estimate of drug-likeness (QED) is 0.611. The zero-order chi connectivity index (χ0) is 16.3. The Hall–Kier alpha value is -1.58. The van der Waals surface area contributed by atoms with Crippen LogP contribution < -0.4 is 5.43 Å². The maximum Gasteiger partial charge on any atom is 0.272 e. The third-order valence-electron chi connectivity index (χ3n) is 3.77. The van der Waals surface area contributed by atoms with E-state index in [2.05, 4.69) is 23.2 Å². The van der Waals surface area contributed by atoms with Crippen LogP contribution in [0, 0.1) is 5.92 Å². The fraction of sp³-hybridized carbons (Fsp3) is 0.294. The third kappa shape index (κ3) is 3.99. The van der Waals surface area contributed by atoms with Gasteiger partial charge in [-0.3, -0.25) is 4.79 Å². The number of hydrazone groups is 1. The van der Waals surface area contributed by atoms with Crippen molar-refractivity contribution >= 4 is 34.8 Å². The van der Waals surface area contributed by atoms with Gasteiger partial charge in [-0.25, -0.2) is 5.43 Å². The Morgan fingerprint density at radius 1 is 1.41 bits per heavy atom. The molecule has 2 rings (SSSR count). The molecule has 1 aliphatic rings. The van der Waals surface area contributed by atoms with Crippen LogP contribution in [0.4, 0.5) is 0 Å². The van der Waals surface area contributed by atoms with Crippen LogP contribution in [0.1, 0.15) is 37.0 Å². The van der Waals surface area contributed by atoms with Crippen molar-refractivity contribution in [2.75, 3.05) is 0 Å². The van der Waals surface area contributed by atoms with Crippen molar-refractivity contribution in [1.82, 2.24) is 5.43 Å². The van der Waals surface area contributed by atoms with Gasteiger partial charge in [0.15, 0.2) is 0 Å².